The SMILES string of the molecule is COc1ccc(-c2c(C)c3cc(OC(=O)c4cccnc4)ccc3oc2=O)cc1OC. The molecular formula is C24H19NO6. The normalized spacial score (nSPS) is 10.7. The van der Waals surface area contributed by atoms with Gasteiger partial charge in [0.2, 0.25) is 0 Å². The Balaban J connectivity index is 1.78. The molecular weight excluding hydrogens is 398 g/mol. The van der Waals surface area contributed by atoms with Gasteiger partial charge >= 0.3 is 11.6 Å². The number of fused-ring (bicyclic) bond motifs is 1. The molecule has 0 aliphatic heterocycles. The summed E-state index contributed by atoms with van der Waals surface area (Å²) in [6.07, 6.45) is 3.01. The van der Waals surface area contributed by atoms with Crippen LogP contribution in [0.2, 0.25) is 0 Å². The molecule has 0 atom stereocenters. The van der Waals surface area contributed by atoms with Crippen LogP contribution in [0.3, 0.4) is 0 Å². The monoisotopic (exact) mass is 417 g/mol. The van der Waals surface area contributed by atoms with Crippen molar-refractivity contribution in [2.45, 2.75) is 6.92 Å². The summed E-state index contributed by atoms with van der Waals surface area (Å²) in [5.41, 5.74) is 1.97. The zero-order chi connectivity index (χ0) is 22.0. The molecule has 4 rings (SSSR count). The maximum absolute atomic E-state index is 12.7. The van der Waals surface area contributed by atoms with Crippen LogP contribution in [-0.2, 0) is 0 Å². The van der Waals surface area contributed by atoms with Crippen LogP contribution in [0.25, 0.3) is 22.1 Å². The quantitative estimate of drug-likeness (QED) is 0.270. The van der Waals surface area contributed by atoms with Gasteiger partial charge in [-0.15, -0.1) is 0 Å². The molecule has 0 aliphatic carbocycles. The average molecular weight is 417 g/mol. The summed E-state index contributed by atoms with van der Waals surface area (Å²) in [5.74, 6) is 0.857. The van der Waals surface area contributed by atoms with E-state index in [0.29, 0.717) is 50.5 Å². The fourth-order valence-electron chi connectivity index (χ4n) is 3.37. The lowest BCUT2D eigenvalue weighted by atomic mass is 9.99. The molecule has 4 aromatic rings. The first-order chi connectivity index (χ1) is 15.0. The van der Waals surface area contributed by atoms with Crippen LogP contribution in [0.5, 0.6) is 17.2 Å². The highest BCUT2D eigenvalue weighted by molar-refractivity contribution is 5.92. The van der Waals surface area contributed by atoms with Crippen LogP contribution in [0.4, 0.5) is 0 Å². The van der Waals surface area contributed by atoms with Crippen LogP contribution in [0.15, 0.2) is 70.1 Å². The van der Waals surface area contributed by atoms with E-state index in [0.717, 1.165) is 0 Å². The highest BCUT2D eigenvalue weighted by Gasteiger charge is 2.17. The maximum Gasteiger partial charge on any atom is 0.345 e. The standard InChI is InChI=1S/C24H19NO6/c1-14-18-12-17(30-23(26)16-5-4-10-25-13-16)7-9-19(18)31-24(27)22(14)15-6-8-20(28-2)21(11-15)29-3/h4-13H,1-3H3. The van der Waals surface area contributed by atoms with E-state index in [1.165, 1.54) is 13.3 Å². The first-order valence-corrected chi connectivity index (χ1v) is 9.44. The maximum atomic E-state index is 12.7. The number of pyridine rings is 1. The molecule has 0 N–H and O–H groups in total. The first-order valence-electron chi connectivity index (χ1n) is 9.44. The van der Waals surface area contributed by atoms with Crippen molar-refractivity contribution >= 4 is 16.9 Å². The Hall–Kier alpha value is -4.13. The summed E-state index contributed by atoms with van der Waals surface area (Å²) in [5, 5.41) is 0.654. The molecule has 0 unspecified atom stereocenters. The summed E-state index contributed by atoms with van der Waals surface area (Å²) in [4.78, 5) is 29.0. The topological polar surface area (TPSA) is 87.9 Å². The summed E-state index contributed by atoms with van der Waals surface area (Å²) < 4.78 is 21.6. The first kappa shape index (κ1) is 20.2. The van der Waals surface area contributed by atoms with Gasteiger partial charge in [-0.1, -0.05) is 6.07 Å². The number of nitrogens with zero attached hydrogens (tertiary/aromatic N) is 1. The minimum Gasteiger partial charge on any atom is -0.493 e. The van der Waals surface area contributed by atoms with Crippen molar-refractivity contribution in [2.24, 2.45) is 0 Å². The van der Waals surface area contributed by atoms with Gasteiger partial charge in [0.15, 0.2) is 11.5 Å². The summed E-state index contributed by atoms with van der Waals surface area (Å²) in [7, 11) is 3.07. The fraction of sp³-hybridized carbons (Fsp3) is 0.125. The molecule has 0 spiro atoms. The third-order valence-corrected chi connectivity index (χ3v) is 4.92. The van der Waals surface area contributed by atoms with E-state index in [1.54, 1.807) is 61.8 Å². The van der Waals surface area contributed by atoms with Gasteiger partial charge in [-0.2, -0.15) is 0 Å². The Kier molecular flexibility index (Phi) is 5.41. The van der Waals surface area contributed by atoms with E-state index in [9.17, 15) is 9.59 Å². The van der Waals surface area contributed by atoms with Crippen molar-refractivity contribution in [3.8, 4) is 28.4 Å². The Labute approximate surface area is 177 Å². The Morgan fingerprint density at radius 2 is 1.81 bits per heavy atom. The molecule has 156 valence electrons. The lowest BCUT2D eigenvalue weighted by Crippen LogP contribution is -2.09. The largest absolute Gasteiger partial charge is 0.493 e. The number of aromatic nitrogens is 1. The Morgan fingerprint density at radius 3 is 2.52 bits per heavy atom. The van der Waals surface area contributed by atoms with E-state index in [-0.39, 0.29) is 0 Å². The van der Waals surface area contributed by atoms with Crippen molar-refractivity contribution in [2.75, 3.05) is 14.2 Å². The molecule has 0 aliphatic rings. The highest BCUT2D eigenvalue weighted by Crippen LogP contribution is 2.34. The smallest absolute Gasteiger partial charge is 0.345 e. The molecule has 31 heavy (non-hydrogen) atoms. The lowest BCUT2D eigenvalue weighted by Gasteiger charge is -2.12. The Morgan fingerprint density at radius 1 is 1.00 bits per heavy atom. The summed E-state index contributed by atoms with van der Waals surface area (Å²) in [6, 6.07) is 13.3. The molecule has 7 heteroatoms. The number of carbonyl (C=O) groups excluding carboxylic acids is 1. The van der Waals surface area contributed by atoms with Gasteiger partial charge in [-0.3, -0.25) is 4.98 Å². The molecule has 2 aromatic heterocycles. The second kappa shape index (κ2) is 8.31. The number of ether oxygens (including phenoxy) is 3. The second-order valence-electron chi connectivity index (χ2n) is 6.75. The zero-order valence-corrected chi connectivity index (χ0v) is 17.2. The van der Waals surface area contributed by atoms with Crippen molar-refractivity contribution < 1.29 is 23.4 Å². The number of hydrogen-bond acceptors (Lipinski definition) is 7. The van der Waals surface area contributed by atoms with Gasteiger partial charge in [0.25, 0.3) is 0 Å². The molecule has 0 amide bonds. The minimum atomic E-state index is -0.525. The van der Waals surface area contributed by atoms with Gasteiger partial charge in [-0.05, 0) is 60.5 Å². The van der Waals surface area contributed by atoms with Crippen LogP contribution in [-0.4, -0.2) is 25.2 Å². The van der Waals surface area contributed by atoms with Crippen molar-refractivity contribution in [3.05, 3.63) is 82.5 Å². The lowest BCUT2D eigenvalue weighted by molar-refractivity contribution is 0.0734. The minimum absolute atomic E-state index is 0.330. The van der Waals surface area contributed by atoms with Gasteiger partial charge < -0.3 is 18.6 Å². The molecule has 0 saturated heterocycles. The second-order valence-corrected chi connectivity index (χ2v) is 6.75. The molecule has 0 bridgehead atoms. The highest BCUT2D eigenvalue weighted by atomic mass is 16.5. The zero-order valence-electron chi connectivity index (χ0n) is 17.2. The number of benzene rings is 2. The predicted octanol–water partition coefficient (Wildman–Crippen LogP) is 4.40. The number of rotatable bonds is 5. The van der Waals surface area contributed by atoms with E-state index in [4.69, 9.17) is 18.6 Å². The Bertz CT molecular complexity index is 1330. The molecule has 2 heterocycles. The van der Waals surface area contributed by atoms with Crippen LogP contribution >= 0.6 is 0 Å². The number of hydrogen-bond donors (Lipinski definition) is 0. The van der Waals surface area contributed by atoms with Crippen LogP contribution in [0.1, 0.15) is 15.9 Å². The van der Waals surface area contributed by atoms with E-state index < -0.39 is 11.6 Å². The van der Waals surface area contributed by atoms with Crippen LogP contribution in [0, 0.1) is 6.92 Å². The van der Waals surface area contributed by atoms with Gasteiger partial charge in [-0.25, -0.2) is 9.59 Å². The fourth-order valence-corrected chi connectivity index (χ4v) is 3.37. The van der Waals surface area contributed by atoms with Crippen molar-refractivity contribution in [1.82, 2.24) is 4.98 Å². The molecule has 0 radical (unpaired) electrons. The summed E-state index contributed by atoms with van der Waals surface area (Å²) in [6.45, 7) is 1.82. The van der Waals surface area contributed by atoms with Crippen molar-refractivity contribution in [1.29, 1.82) is 0 Å². The van der Waals surface area contributed by atoms with Gasteiger partial charge in [0.05, 0.1) is 25.3 Å². The average Bonchev–Trinajstić information content (AvgIpc) is 2.80. The van der Waals surface area contributed by atoms with Crippen molar-refractivity contribution in [3.63, 3.8) is 0 Å². The van der Waals surface area contributed by atoms with E-state index in [2.05, 4.69) is 4.98 Å². The number of carbonyl (C=O) groups is 1. The predicted molar refractivity (Wildman–Crippen MR) is 115 cm³/mol. The summed E-state index contributed by atoms with van der Waals surface area (Å²) >= 11 is 0. The van der Waals surface area contributed by atoms with Crippen LogP contribution < -0.4 is 19.8 Å². The third-order valence-electron chi connectivity index (χ3n) is 4.92. The number of methoxy groups -OCH3 is 2. The number of esters is 1. The molecule has 0 fully saturated rings. The van der Waals surface area contributed by atoms with Gasteiger partial charge in [0.1, 0.15) is 11.3 Å². The molecule has 2 aromatic carbocycles. The van der Waals surface area contributed by atoms with E-state index in [1.807, 2.05) is 6.92 Å². The van der Waals surface area contributed by atoms with Gasteiger partial charge in [0, 0.05) is 17.8 Å². The third kappa shape index (κ3) is 3.85. The molecule has 7 nitrogen and oxygen atoms in total. The number of aryl methyl sites for hydroxylation is 1. The molecule has 0 saturated carbocycles. The van der Waals surface area contributed by atoms with E-state index >= 15 is 0 Å².